The molecule has 1 saturated carbocycles. The molecule has 1 heterocycles. The molecule has 0 bridgehead atoms. The average Bonchev–Trinajstić information content (AvgIpc) is 2.39. The van der Waals surface area contributed by atoms with Gasteiger partial charge in [-0.15, -0.1) is 0 Å². The molecule has 0 aromatic carbocycles. The number of halogens is 3. The lowest BCUT2D eigenvalue weighted by Crippen LogP contribution is -2.50. The molecule has 1 aliphatic carbocycles. The molecular formula is C15H26F3NO2. The van der Waals surface area contributed by atoms with E-state index in [1.807, 2.05) is 0 Å². The first kappa shape index (κ1) is 18.3. The van der Waals surface area contributed by atoms with Gasteiger partial charge in [0.05, 0.1) is 0 Å². The van der Waals surface area contributed by atoms with E-state index in [1.54, 1.807) is 0 Å². The number of hydrogen-bond acceptors (Lipinski definition) is 2. The second kappa shape index (κ2) is 8.01. The van der Waals surface area contributed by atoms with E-state index in [4.69, 9.17) is 9.90 Å². The number of aliphatic carboxylic acids is 1. The minimum Gasteiger partial charge on any atom is -0.475 e. The fourth-order valence-electron chi connectivity index (χ4n) is 3.53. The van der Waals surface area contributed by atoms with Crippen LogP contribution in [-0.2, 0) is 4.79 Å². The number of rotatable bonds is 2. The Morgan fingerprint density at radius 2 is 1.86 bits per heavy atom. The standard InChI is InChI=1S/C13H25N.C2HF3O2/c1-3-5-11-8-9-12-10(2)6-4-7-13(12)14-11;3-2(4,5)1(6)7/h10-14H,3-9H2,1-2H3;(H,6,7)/t10-,11+,12+,13-;/m1./s1. The van der Waals surface area contributed by atoms with Crippen molar-refractivity contribution in [3.63, 3.8) is 0 Å². The Labute approximate surface area is 124 Å². The van der Waals surface area contributed by atoms with Crippen LogP contribution in [0.15, 0.2) is 0 Å². The van der Waals surface area contributed by atoms with Crippen LogP contribution in [0.25, 0.3) is 0 Å². The highest BCUT2D eigenvalue weighted by Gasteiger charge is 2.38. The highest BCUT2D eigenvalue weighted by molar-refractivity contribution is 5.73. The first-order valence-electron chi connectivity index (χ1n) is 7.81. The van der Waals surface area contributed by atoms with Crippen LogP contribution in [0, 0.1) is 11.8 Å². The van der Waals surface area contributed by atoms with Crippen LogP contribution >= 0.6 is 0 Å². The maximum atomic E-state index is 10.6. The molecule has 0 aromatic heterocycles. The number of nitrogens with one attached hydrogen (secondary N) is 1. The first-order valence-corrected chi connectivity index (χ1v) is 7.81. The van der Waals surface area contributed by atoms with Gasteiger partial charge in [-0.3, -0.25) is 0 Å². The van der Waals surface area contributed by atoms with Gasteiger partial charge in [-0.25, -0.2) is 4.79 Å². The van der Waals surface area contributed by atoms with Gasteiger partial charge < -0.3 is 10.4 Å². The number of alkyl halides is 3. The van der Waals surface area contributed by atoms with Crippen molar-refractivity contribution in [3.8, 4) is 0 Å². The van der Waals surface area contributed by atoms with Gasteiger partial charge in [-0.1, -0.05) is 33.1 Å². The van der Waals surface area contributed by atoms with Gasteiger partial charge in [-0.2, -0.15) is 13.2 Å². The third kappa shape index (κ3) is 5.85. The second-order valence-corrected chi connectivity index (χ2v) is 6.21. The Bertz CT molecular complexity index is 333. The molecule has 0 spiro atoms. The monoisotopic (exact) mass is 309 g/mol. The van der Waals surface area contributed by atoms with Crippen molar-refractivity contribution in [1.29, 1.82) is 0 Å². The van der Waals surface area contributed by atoms with Gasteiger partial charge in [0.2, 0.25) is 0 Å². The van der Waals surface area contributed by atoms with Crippen molar-refractivity contribution in [3.05, 3.63) is 0 Å². The van der Waals surface area contributed by atoms with Crippen LogP contribution in [-0.4, -0.2) is 29.3 Å². The molecule has 4 atom stereocenters. The van der Waals surface area contributed by atoms with E-state index in [9.17, 15) is 13.2 Å². The minimum absolute atomic E-state index is 0.839. The lowest BCUT2D eigenvalue weighted by Gasteiger charge is -2.44. The van der Waals surface area contributed by atoms with Crippen molar-refractivity contribution < 1.29 is 23.1 Å². The van der Waals surface area contributed by atoms with Crippen molar-refractivity contribution in [2.24, 2.45) is 11.8 Å². The highest BCUT2D eigenvalue weighted by Crippen LogP contribution is 2.36. The fraction of sp³-hybridized carbons (Fsp3) is 0.933. The molecule has 6 heteroatoms. The lowest BCUT2D eigenvalue weighted by molar-refractivity contribution is -0.192. The summed E-state index contributed by atoms with van der Waals surface area (Å²) in [5, 5.41) is 11.0. The Morgan fingerprint density at radius 1 is 1.24 bits per heavy atom. The van der Waals surface area contributed by atoms with E-state index in [1.165, 1.54) is 44.9 Å². The number of carbonyl (C=O) groups is 1. The summed E-state index contributed by atoms with van der Waals surface area (Å²) in [5.41, 5.74) is 0. The molecular weight excluding hydrogens is 283 g/mol. The topological polar surface area (TPSA) is 49.3 Å². The molecule has 1 aliphatic heterocycles. The van der Waals surface area contributed by atoms with E-state index in [0.29, 0.717) is 0 Å². The number of hydrogen-bond donors (Lipinski definition) is 2. The average molecular weight is 309 g/mol. The van der Waals surface area contributed by atoms with Gasteiger partial charge in [0, 0.05) is 12.1 Å². The van der Waals surface area contributed by atoms with Crippen molar-refractivity contribution in [2.75, 3.05) is 0 Å². The molecule has 0 amide bonds. The van der Waals surface area contributed by atoms with Crippen LogP contribution in [0.2, 0.25) is 0 Å². The van der Waals surface area contributed by atoms with E-state index < -0.39 is 12.1 Å². The van der Waals surface area contributed by atoms with E-state index in [0.717, 1.165) is 23.9 Å². The predicted molar refractivity (Wildman–Crippen MR) is 75.0 cm³/mol. The molecule has 2 fully saturated rings. The van der Waals surface area contributed by atoms with Crippen molar-refractivity contribution >= 4 is 5.97 Å². The van der Waals surface area contributed by atoms with Crippen LogP contribution in [0.4, 0.5) is 13.2 Å². The Morgan fingerprint density at radius 3 is 2.38 bits per heavy atom. The maximum absolute atomic E-state index is 10.6. The van der Waals surface area contributed by atoms with Gasteiger partial charge in [0.1, 0.15) is 0 Å². The fourth-order valence-corrected chi connectivity index (χ4v) is 3.53. The number of carboxylic acid groups (broad SMARTS) is 1. The smallest absolute Gasteiger partial charge is 0.475 e. The maximum Gasteiger partial charge on any atom is 0.490 e. The lowest BCUT2D eigenvalue weighted by atomic mass is 9.71. The zero-order chi connectivity index (χ0) is 16.0. The summed E-state index contributed by atoms with van der Waals surface area (Å²) in [4.78, 5) is 8.90. The summed E-state index contributed by atoms with van der Waals surface area (Å²) in [6, 6.07) is 1.70. The van der Waals surface area contributed by atoms with Crippen LogP contribution < -0.4 is 5.32 Å². The van der Waals surface area contributed by atoms with Crippen LogP contribution in [0.1, 0.15) is 58.8 Å². The second-order valence-electron chi connectivity index (χ2n) is 6.21. The van der Waals surface area contributed by atoms with Gasteiger partial charge in [-0.05, 0) is 37.5 Å². The quantitative estimate of drug-likeness (QED) is 0.811. The SMILES string of the molecule is CCC[C@H]1CC[C@H]2[C@H](C)CCC[C@H]2N1.O=C(O)C(F)(F)F. The van der Waals surface area contributed by atoms with E-state index in [2.05, 4.69) is 19.2 Å². The number of piperidine rings is 1. The molecule has 3 nitrogen and oxygen atoms in total. The van der Waals surface area contributed by atoms with E-state index in [-0.39, 0.29) is 0 Å². The normalized spacial score (nSPS) is 32.6. The van der Waals surface area contributed by atoms with Crippen molar-refractivity contribution in [2.45, 2.75) is 77.1 Å². The third-order valence-electron chi connectivity index (χ3n) is 4.60. The molecule has 1 saturated heterocycles. The largest absolute Gasteiger partial charge is 0.490 e. The summed E-state index contributed by atoms with van der Waals surface area (Å²) in [6.07, 6.45) is 4.93. The summed E-state index contributed by atoms with van der Waals surface area (Å²) in [7, 11) is 0. The third-order valence-corrected chi connectivity index (χ3v) is 4.60. The Hall–Kier alpha value is -0.780. The van der Waals surface area contributed by atoms with Gasteiger partial charge in [0.25, 0.3) is 0 Å². The molecule has 21 heavy (non-hydrogen) atoms. The predicted octanol–water partition coefficient (Wildman–Crippen LogP) is 3.98. The molecule has 124 valence electrons. The number of fused-ring (bicyclic) bond motifs is 1. The number of carboxylic acids is 1. The molecule has 2 aliphatic rings. The zero-order valence-electron chi connectivity index (χ0n) is 12.7. The molecule has 2 N–H and O–H groups in total. The van der Waals surface area contributed by atoms with E-state index >= 15 is 0 Å². The first-order chi connectivity index (χ1) is 9.75. The summed E-state index contributed by atoms with van der Waals surface area (Å²) in [5.74, 6) is -0.784. The highest BCUT2D eigenvalue weighted by atomic mass is 19.4. The zero-order valence-corrected chi connectivity index (χ0v) is 12.7. The summed E-state index contributed by atoms with van der Waals surface area (Å²) in [6.45, 7) is 4.76. The molecule has 2 rings (SSSR count). The van der Waals surface area contributed by atoms with Crippen LogP contribution in [0.3, 0.4) is 0 Å². The summed E-state index contributed by atoms with van der Waals surface area (Å²) < 4.78 is 31.7. The van der Waals surface area contributed by atoms with Gasteiger partial charge in [0.15, 0.2) is 0 Å². The molecule has 0 aromatic rings. The summed E-state index contributed by atoms with van der Waals surface area (Å²) >= 11 is 0. The molecule has 0 unspecified atom stereocenters. The van der Waals surface area contributed by atoms with Gasteiger partial charge >= 0.3 is 12.1 Å². The Kier molecular flexibility index (Phi) is 6.97. The van der Waals surface area contributed by atoms with Crippen molar-refractivity contribution in [1.82, 2.24) is 5.32 Å². The Balaban J connectivity index is 0.000000270. The van der Waals surface area contributed by atoms with Crippen LogP contribution in [0.5, 0.6) is 0 Å². The molecule has 0 radical (unpaired) electrons. The minimum atomic E-state index is -5.08.